The minimum Gasteiger partial charge on any atom is -0.469 e. The molecule has 2 fully saturated rings. The van der Waals surface area contributed by atoms with Crippen molar-refractivity contribution in [2.24, 2.45) is 0 Å². The average Bonchev–Trinajstić information content (AvgIpc) is 3.87. The van der Waals surface area contributed by atoms with Crippen LogP contribution in [0, 0.1) is 0 Å². The van der Waals surface area contributed by atoms with Crippen LogP contribution in [0.15, 0.2) is 47.3 Å². The van der Waals surface area contributed by atoms with Crippen molar-refractivity contribution in [3.63, 3.8) is 0 Å². The summed E-state index contributed by atoms with van der Waals surface area (Å²) in [6, 6.07) is 13.2. The molecular formula is C36H37N3O9S3. The number of benzene rings is 2. The Morgan fingerprint density at radius 1 is 1.06 bits per heavy atom. The van der Waals surface area contributed by atoms with Crippen LogP contribution in [-0.4, -0.2) is 75.6 Å². The topological polar surface area (TPSA) is 145 Å². The van der Waals surface area contributed by atoms with Gasteiger partial charge in [0.05, 0.1) is 32.0 Å². The van der Waals surface area contributed by atoms with Crippen molar-refractivity contribution in [2.75, 3.05) is 25.7 Å². The first-order valence-electron chi connectivity index (χ1n) is 16.5. The molecule has 1 aromatic heterocycles. The number of hydrogen-bond acceptors (Lipinski definition) is 13. The molecule has 268 valence electrons. The molecule has 1 saturated carbocycles. The molecule has 12 nitrogen and oxygen atoms in total. The normalized spacial score (nSPS) is 20.0. The number of thiazole rings is 1. The summed E-state index contributed by atoms with van der Waals surface area (Å²) in [5.74, 6) is -2.31. The highest BCUT2D eigenvalue weighted by atomic mass is 32.2. The Hall–Kier alpha value is -4.31. The maximum atomic E-state index is 14.0. The summed E-state index contributed by atoms with van der Waals surface area (Å²) in [6.07, 6.45) is 4.70. The van der Waals surface area contributed by atoms with Gasteiger partial charge in [0.1, 0.15) is 26.5 Å². The number of thiocarbonyl (C=S) groups is 1. The molecule has 3 atom stereocenters. The first-order valence-corrected chi connectivity index (χ1v) is 18.6. The zero-order valence-electron chi connectivity index (χ0n) is 28.3. The fraction of sp³-hybridized carbons (Fsp3) is 0.389. The van der Waals surface area contributed by atoms with Gasteiger partial charge in [0, 0.05) is 29.8 Å². The van der Waals surface area contributed by atoms with Crippen LogP contribution >= 0.6 is 35.3 Å². The average molecular weight is 752 g/mol. The van der Waals surface area contributed by atoms with E-state index in [9.17, 15) is 29.1 Å². The molecule has 3 aromatic rings. The number of nitrogens with zero attached hydrogens (tertiary/aromatic N) is 3. The van der Waals surface area contributed by atoms with E-state index in [0.29, 0.717) is 16.5 Å². The van der Waals surface area contributed by atoms with E-state index in [2.05, 4.69) is 17.0 Å². The highest BCUT2D eigenvalue weighted by Crippen LogP contribution is 2.52. The Balaban J connectivity index is 1.42. The fourth-order valence-corrected chi connectivity index (χ4v) is 9.62. The number of aromatic nitrogens is 1. The number of hydrogen-bond donors (Lipinski definition) is 1. The minimum atomic E-state index is -1.20. The summed E-state index contributed by atoms with van der Waals surface area (Å²) in [7, 11) is 2.39. The van der Waals surface area contributed by atoms with Gasteiger partial charge in [0.15, 0.2) is 0 Å². The van der Waals surface area contributed by atoms with Gasteiger partial charge in [-0.25, -0.2) is 4.79 Å². The number of ether oxygens (including phenoxy) is 3. The lowest BCUT2D eigenvalue weighted by Gasteiger charge is -2.27. The van der Waals surface area contributed by atoms with E-state index < -0.39 is 42.0 Å². The summed E-state index contributed by atoms with van der Waals surface area (Å²) < 4.78 is 16.5. The van der Waals surface area contributed by atoms with Gasteiger partial charge in [-0.05, 0) is 73.2 Å². The molecule has 2 aliphatic heterocycles. The minimum absolute atomic E-state index is 0.0177. The number of anilines is 2. The molecule has 3 aliphatic rings. The van der Waals surface area contributed by atoms with Gasteiger partial charge in [0.25, 0.3) is 11.5 Å². The van der Waals surface area contributed by atoms with Crippen molar-refractivity contribution in [1.29, 1.82) is 0 Å². The lowest BCUT2D eigenvalue weighted by Crippen LogP contribution is -2.45. The molecule has 6 rings (SSSR count). The van der Waals surface area contributed by atoms with Gasteiger partial charge in [-0.2, -0.15) is 0 Å². The first-order chi connectivity index (χ1) is 24.6. The van der Waals surface area contributed by atoms with E-state index in [1.165, 1.54) is 24.4 Å². The van der Waals surface area contributed by atoms with Crippen LogP contribution in [0.2, 0.25) is 0 Å². The number of carbonyl (C=O) groups excluding carboxylic acids is 4. The Labute approximate surface area is 307 Å². The second-order valence-corrected chi connectivity index (χ2v) is 14.9. The molecule has 51 heavy (non-hydrogen) atoms. The third kappa shape index (κ3) is 7.12. The molecule has 15 heteroatoms. The first kappa shape index (κ1) is 36.5. The number of aliphatic hydroxyl groups is 1. The predicted molar refractivity (Wildman–Crippen MR) is 197 cm³/mol. The van der Waals surface area contributed by atoms with Gasteiger partial charge >= 0.3 is 17.9 Å². The largest absolute Gasteiger partial charge is 0.469 e. The third-order valence-electron chi connectivity index (χ3n) is 9.34. The van der Waals surface area contributed by atoms with Crippen LogP contribution in [0.4, 0.5) is 11.4 Å². The maximum absolute atomic E-state index is 14.0. The molecule has 1 saturated heterocycles. The lowest BCUT2D eigenvalue weighted by atomic mass is 9.96. The quantitative estimate of drug-likeness (QED) is 0.175. The number of esters is 3. The van der Waals surface area contributed by atoms with Gasteiger partial charge in [-0.15, -0.1) is 11.3 Å². The maximum Gasteiger partial charge on any atom is 0.329 e. The second-order valence-electron chi connectivity index (χ2n) is 12.3. The smallest absolute Gasteiger partial charge is 0.329 e. The van der Waals surface area contributed by atoms with E-state index >= 15 is 0 Å². The zero-order valence-corrected chi connectivity index (χ0v) is 30.7. The van der Waals surface area contributed by atoms with Crippen LogP contribution in [-0.2, 0) is 46.5 Å². The molecule has 0 radical (unpaired) electrons. The second kappa shape index (κ2) is 15.5. The Kier molecular flexibility index (Phi) is 11.1. The highest BCUT2D eigenvalue weighted by Gasteiger charge is 2.43. The van der Waals surface area contributed by atoms with E-state index in [1.54, 1.807) is 13.0 Å². The fourth-order valence-electron chi connectivity index (χ4n) is 7.00. The molecule has 0 bridgehead atoms. The Morgan fingerprint density at radius 3 is 2.51 bits per heavy atom. The van der Waals surface area contributed by atoms with Crippen LogP contribution in [0.25, 0.3) is 11.0 Å². The van der Waals surface area contributed by atoms with E-state index in [4.69, 9.17) is 26.4 Å². The summed E-state index contributed by atoms with van der Waals surface area (Å²) in [5, 5.41) is 9.53. The van der Waals surface area contributed by atoms with E-state index in [0.717, 1.165) is 69.8 Å². The summed E-state index contributed by atoms with van der Waals surface area (Å²) in [4.78, 5) is 68.8. The van der Waals surface area contributed by atoms with Crippen molar-refractivity contribution in [3.05, 3.63) is 78.7 Å². The van der Waals surface area contributed by atoms with Gasteiger partial charge in [-0.1, -0.05) is 48.6 Å². The number of amides is 1. The number of rotatable bonds is 11. The van der Waals surface area contributed by atoms with Crippen molar-refractivity contribution in [3.8, 4) is 0 Å². The van der Waals surface area contributed by atoms with Crippen molar-refractivity contribution < 1.29 is 38.5 Å². The van der Waals surface area contributed by atoms with Crippen LogP contribution < -0.4 is 19.7 Å². The molecule has 0 spiro atoms. The molecule has 3 unspecified atom stereocenters. The molecule has 3 heterocycles. The van der Waals surface area contributed by atoms with Crippen LogP contribution in [0.5, 0.6) is 0 Å². The van der Waals surface area contributed by atoms with Crippen molar-refractivity contribution in [2.45, 2.75) is 70.2 Å². The summed E-state index contributed by atoms with van der Waals surface area (Å²) >= 11 is 7.49. The number of thioether (sulfide) groups is 1. The van der Waals surface area contributed by atoms with E-state index in [1.807, 2.05) is 30.3 Å². The number of aliphatic hydroxyl groups excluding tert-OH is 1. The SMILES string of the molecule is CCOC(=O)Cn1c(=O)/c(=C\c2ccc3c(c2)C2CCCC2N3c2ccc(CO)cc2)s/c1=C1/SC(=S)N(C(CCC(=O)OC)C(=O)OC)C1=O. The third-order valence-corrected chi connectivity index (χ3v) is 12.0. The molecule has 1 aliphatic carbocycles. The van der Waals surface area contributed by atoms with Crippen LogP contribution in [0.3, 0.4) is 0 Å². The zero-order chi connectivity index (χ0) is 36.4. The lowest BCUT2D eigenvalue weighted by molar-refractivity contribution is -0.149. The monoisotopic (exact) mass is 751 g/mol. The molecule has 1 amide bonds. The number of carbonyl (C=O) groups is 4. The van der Waals surface area contributed by atoms with Gasteiger partial charge < -0.3 is 24.2 Å². The van der Waals surface area contributed by atoms with Gasteiger partial charge in [0.2, 0.25) is 0 Å². The molecule has 2 aromatic carbocycles. The van der Waals surface area contributed by atoms with Crippen LogP contribution in [0.1, 0.15) is 61.6 Å². The highest BCUT2D eigenvalue weighted by molar-refractivity contribution is 8.30. The number of methoxy groups -OCH3 is 2. The summed E-state index contributed by atoms with van der Waals surface area (Å²) in [5.41, 5.74) is 4.53. The van der Waals surface area contributed by atoms with Crippen molar-refractivity contribution >= 4 is 85.8 Å². The van der Waals surface area contributed by atoms with E-state index in [-0.39, 0.29) is 39.9 Å². The summed E-state index contributed by atoms with van der Waals surface area (Å²) in [6.45, 7) is 1.31. The standard InChI is InChI=1S/C36H37N3O9S3/c1-4-48-30(42)18-37-32(43)28(50-34(37)31-33(44)39(36(49)51-31)27(35(45)47-3)14-15-29(41)46-2)17-21-10-13-26-24(16-21)23-6-5-7-25(23)38(26)22-11-8-20(19-40)9-12-22/h8-13,16-17,23,25,27,40H,4-7,14-15,18-19H2,1-3H3/b28-17+,34-31+. The van der Waals surface area contributed by atoms with Gasteiger partial charge in [-0.3, -0.25) is 28.6 Å². The van der Waals surface area contributed by atoms with Crippen molar-refractivity contribution in [1.82, 2.24) is 9.47 Å². The molecular weight excluding hydrogens is 715 g/mol. The Bertz CT molecular complexity index is 2070. The Morgan fingerprint density at radius 2 is 1.82 bits per heavy atom. The molecule has 1 N–H and O–H groups in total. The number of fused-ring (bicyclic) bond motifs is 3. The predicted octanol–water partition coefficient (Wildman–Crippen LogP) is 3.05.